The van der Waals surface area contributed by atoms with Gasteiger partial charge in [-0.2, -0.15) is 11.8 Å². The van der Waals surface area contributed by atoms with E-state index in [0.717, 1.165) is 18.8 Å². The van der Waals surface area contributed by atoms with Crippen LogP contribution < -0.4 is 16.0 Å². The van der Waals surface area contributed by atoms with Crippen molar-refractivity contribution in [3.63, 3.8) is 0 Å². The lowest BCUT2D eigenvalue weighted by Gasteiger charge is -2.28. The van der Waals surface area contributed by atoms with E-state index in [4.69, 9.17) is 5.73 Å². The van der Waals surface area contributed by atoms with E-state index in [1.807, 2.05) is 11.8 Å². The Labute approximate surface area is 159 Å². The van der Waals surface area contributed by atoms with Crippen LogP contribution in [0.15, 0.2) is 47.5 Å². The highest BCUT2D eigenvalue weighted by molar-refractivity contribution is 7.99. The van der Waals surface area contributed by atoms with Crippen LogP contribution >= 0.6 is 11.8 Å². The number of fused-ring (bicyclic) bond motifs is 1. The number of nitrogens with zero attached hydrogens (tertiary/aromatic N) is 2. The number of hydrogen-bond acceptors (Lipinski definition) is 3. The van der Waals surface area contributed by atoms with Gasteiger partial charge in [-0.3, -0.25) is 0 Å². The number of nitrogens with one attached hydrogen (secondary N) is 1. The topological polar surface area (TPSA) is 53.6 Å². The molecule has 4 rings (SSSR count). The molecule has 0 aromatic heterocycles. The molecule has 5 heteroatoms. The van der Waals surface area contributed by atoms with Gasteiger partial charge < -0.3 is 16.0 Å². The first-order valence-electron chi connectivity index (χ1n) is 9.38. The normalized spacial score (nSPS) is 17.2. The van der Waals surface area contributed by atoms with Gasteiger partial charge in [0, 0.05) is 36.0 Å². The van der Waals surface area contributed by atoms with E-state index >= 15 is 0 Å². The number of anilines is 2. The molecular formula is C21H26N4S. The molecule has 26 heavy (non-hydrogen) atoms. The zero-order valence-corrected chi connectivity index (χ0v) is 15.9. The summed E-state index contributed by atoms with van der Waals surface area (Å²) in [6, 6.07) is 15.2. The molecule has 0 atom stereocenters. The Hall–Kier alpha value is -2.14. The quantitative estimate of drug-likeness (QED) is 0.640. The Bertz CT molecular complexity index is 779. The first kappa shape index (κ1) is 17.3. The molecule has 1 aliphatic heterocycles. The van der Waals surface area contributed by atoms with Crippen molar-refractivity contribution in [3.05, 3.63) is 59.2 Å². The summed E-state index contributed by atoms with van der Waals surface area (Å²) < 4.78 is 0. The molecule has 0 saturated carbocycles. The molecule has 0 radical (unpaired) electrons. The van der Waals surface area contributed by atoms with Gasteiger partial charge in [-0.25, -0.2) is 4.99 Å². The summed E-state index contributed by atoms with van der Waals surface area (Å²) in [6.45, 7) is 2.87. The zero-order chi connectivity index (χ0) is 17.8. The minimum Gasteiger partial charge on any atom is -0.370 e. The Morgan fingerprint density at radius 2 is 1.81 bits per heavy atom. The van der Waals surface area contributed by atoms with Crippen molar-refractivity contribution in [1.29, 1.82) is 0 Å². The third-order valence-electron chi connectivity index (χ3n) is 5.12. The summed E-state index contributed by atoms with van der Waals surface area (Å²) in [7, 11) is 0. The number of aliphatic imine (C=N–C) groups is 1. The van der Waals surface area contributed by atoms with Gasteiger partial charge in [-0.05, 0) is 60.2 Å². The van der Waals surface area contributed by atoms with Crippen molar-refractivity contribution in [2.75, 3.05) is 34.8 Å². The van der Waals surface area contributed by atoms with Crippen LogP contribution in [0.25, 0.3) is 0 Å². The number of rotatable bonds is 4. The Morgan fingerprint density at radius 1 is 1.04 bits per heavy atom. The molecule has 1 fully saturated rings. The van der Waals surface area contributed by atoms with Crippen molar-refractivity contribution < 1.29 is 0 Å². The molecule has 3 N–H and O–H groups in total. The summed E-state index contributed by atoms with van der Waals surface area (Å²) in [5.41, 5.74) is 12.5. The number of thioether (sulfide) groups is 1. The second-order valence-electron chi connectivity index (χ2n) is 6.93. The molecule has 0 amide bonds. The van der Waals surface area contributed by atoms with Crippen LogP contribution in [0.2, 0.25) is 0 Å². The maximum absolute atomic E-state index is 6.07. The van der Waals surface area contributed by atoms with Crippen molar-refractivity contribution in [1.82, 2.24) is 0 Å². The van der Waals surface area contributed by atoms with Gasteiger partial charge in [0.25, 0.3) is 0 Å². The molecular weight excluding hydrogens is 340 g/mol. The first-order chi connectivity index (χ1) is 12.8. The van der Waals surface area contributed by atoms with Crippen molar-refractivity contribution in [2.45, 2.75) is 25.8 Å². The average Bonchev–Trinajstić information content (AvgIpc) is 3.15. The SMILES string of the molecule is NC(=NCc1ccc(N2CCSCC2)cc1)Nc1ccc2c(c1)CCC2. The van der Waals surface area contributed by atoms with Crippen LogP contribution in [-0.2, 0) is 19.4 Å². The van der Waals surface area contributed by atoms with Crippen molar-refractivity contribution >= 4 is 29.1 Å². The maximum atomic E-state index is 6.07. The summed E-state index contributed by atoms with van der Waals surface area (Å²) in [6.07, 6.45) is 3.63. The molecule has 0 unspecified atom stereocenters. The zero-order valence-electron chi connectivity index (χ0n) is 15.1. The van der Waals surface area contributed by atoms with Crippen molar-refractivity contribution in [2.24, 2.45) is 10.7 Å². The molecule has 4 nitrogen and oxygen atoms in total. The lowest BCUT2D eigenvalue weighted by Crippen LogP contribution is -2.32. The van der Waals surface area contributed by atoms with E-state index in [2.05, 4.69) is 57.7 Å². The number of hydrogen-bond donors (Lipinski definition) is 2. The van der Waals surface area contributed by atoms with Gasteiger partial charge in [0.05, 0.1) is 6.54 Å². The highest BCUT2D eigenvalue weighted by Gasteiger charge is 2.12. The van der Waals surface area contributed by atoms with Gasteiger partial charge >= 0.3 is 0 Å². The maximum Gasteiger partial charge on any atom is 0.193 e. The standard InChI is InChI=1S/C21H26N4S/c22-21(24-19-7-6-17-2-1-3-18(17)14-19)23-15-16-4-8-20(9-5-16)25-10-12-26-13-11-25/h4-9,14H,1-3,10-13,15H2,(H3,22,23,24). The van der Waals surface area contributed by atoms with Gasteiger partial charge in [-0.1, -0.05) is 18.2 Å². The fraction of sp³-hybridized carbons (Fsp3) is 0.381. The monoisotopic (exact) mass is 366 g/mol. The molecule has 0 bridgehead atoms. The number of nitrogens with two attached hydrogens (primary N) is 1. The highest BCUT2D eigenvalue weighted by atomic mass is 32.2. The molecule has 1 heterocycles. The van der Waals surface area contributed by atoms with Gasteiger partial charge in [0.2, 0.25) is 0 Å². The largest absolute Gasteiger partial charge is 0.370 e. The van der Waals surface area contributed by atoms with Crippen LogP contribution in [0.1, 0.15) is 23.1 Å². The predicted octanol–water partition coefficient (Wildman–Crippen LogP) is 3.66. The fourth-order valence-corrected chi connectivity index (χ4v) is 4.55. The number of aryl methyl sites for hydroxylation is 2. The Morgan fingerprint density at radius 3 is 2.62 bits per heavy atom. The molecule has 2 aliphatic rings. The molecule has 2 aromatic carbocycles. The third kappa shape index (κ3) is 4.15. The van der Waals surface area contributed by atoms with E-state index in [9.17, 15) is 0 Å². The summed E-state index contributed by atoms with van der Waals surface area (Å²) in [4.78, 5) is 6.94. The van der Waals surface area contributed by atoms with E-state index in [1.54, 1.807) is 0 Å². The molecule has 136 valence electrons. The van der Waals surface area contributed by atoms with Crippen LogP contribution in [-0.4, -0.2) is 30.6 Å². The second-order valence-corrected chi connectivity index (χ2v) is 8.15. The van der Waals surface area contributed by atoms with Crippen molar-refractivity contribution in [3.8, 4) is 0 Å². The third-order valence-corrected chi connectivity index (χ3v) is 6.06. The van der Waals surface area contributed by atoms with Crippen LogP contribution in [0.3, 0.4) is 0 Å². The fourth-order valence-electron chi connectivity index (χ4n) is 3.65. The molecule has 2 aromatic rings. The minimum atomic E-state index is 0.472. The van der Waals surface area contributed by atoms with Crippen LogP contribution in [0.4, 0.5) is 11.4 Å². The van der Waals surface area contributed by atoms with Crippen LogP contribution in [0, 0.1) is 0 Å². The van der Waals surface area contributed by atoms with Gasteiger partial charge in [0.15, 0.2) is 5.96 Å². The van der Waals surface area contributed by atoms with Gasteiger partial charge in [-0.15, -0.1) is 0 Å². The first-order valence-corrected chi connectivity index (χ1v) is 10.5. The lowest BCUT2D eigenvalue weighted by molar-refractivity contribution is 0.858. The van der Waals surface area contributed by atoms with E-state index < -0.39 is 0 Å². The Kier molecular flexibility index (Phi) is 5.34. The predicted molar refractivity (Wildman–Crippen MR) is 113 cm³/mol. The van der Waals surface area contributed by atoms with E-state index in [1.165, 1.54) is 53.1 Å². The van der Waals surface area contributed by atoms with Gasteiger partial charge in [0.1, 0.15) is 0 Å². The second kappa shape index (κ2) is 8.04. The molecule has 1 aliphatic carbocycles. The number of guanidine groups is 1. The summed E-state index contributed by atoms with van der Waals surface area (Å²) in [5.74, 6) is 2.91. The summed E-state index contributed by atoms with van der Waals surface area (Å²) in [5, 5.41) is 3.22. The minimum absolute atomic E-state index is 0.472. The van der Waals surface area contributed by atoms with E-state index in [0.29, 0.717) is 12.5 Å². The molecule has 1 saturated heterocycles. The smallest absolute Gasteiger partial charge is 0.193 e. The van der Waals surface area contributed by atoms with Crippen LogP contribution in [0.5, 0.6) is 0 Å². The average molecular weight is 367 g/mol. The summed E-state index contributed by atoms with van der Waals surface area (Å²) >= 11 is 2.03. The molecule has 0 spiro atoms. The highest BCUT2D eigenvalue weighted by Crippen LogP contribution is 2.25. The Balaban J connectivity index is 1.34. The lowest BCUT2D eigenvalue weighted by atomic mass is 10.1. The number of benzene rings is 2. The van der Waals surface area contributed by atoms with E-state index in [-0.39, 0.29) is 0 Å².